The van der Waals surface area contributed by atoms with Crippen molar-refractivity contribution in [3.63, 3.8) is 0 Å². The summed E-state index contributed by atoms with van der Waals surface area (Å²) in [5.41, 5.74) is 5.64. The highest BCUT2D eigenvalue weighted by Gasteiger charge is 2.28. The molecule has 0 heterocycles. The van der Waals surface area contributed by atoms with Crippen molar-refractivity contribution in [1.82, 2.24) is 5.32 Å². The molecule has 1 fully saturated rings. The van der Waals surface area contributed by atoms with E-state index in [-0.39, 0.29) is 17.2 Å². The molecule has 1 aliphatic carbocycles. The fourth-order valence-electron chi connectivity index (χ4n) is 2.20. The van der Waals surface area contributed by atoms with Crippen LogP contribution in [0.15, 0.2) is 0 Å². The molecule has 3 atom stereocenters. The van der Waals surface area contributed by atoms with Crippen LogP contribution in [0.3, 0.4) is 0 Å². The molecule has 0 aromatic heterocycles. The van der Waals surface area contributed by atoms with Crippen LogP contribution in [0.4, 0.5) is 0 Å². The summed E-state index contributed by atoms with van der Waals surface area (Å²) < 4.78 is 0. The van der Waals surface area contributed by atoms with E-state index in [2.05, 4.69) is 33.0 Å². The minimum Gasteiger partial charge on any atom is -0.369 e. The topological polar surface area (TPSA) is 55.1 Å². The number of nitrogens with two attached hydrogens (primary N) is 1. The molecule has 3 N–H and O–H groups in total. The predicted octanol–water partition coefficient (Wildman–Crippen LogP) is 2.05. The lowest BCUT2D eigenvalue weighted by molar-refractivity contribution is -0.123. The van der Waals surface area contributed by atoms with Crippen LogP contribution in [0.25, 0.3) is 0 Å². The van der Waals surface area contributed by atoms with E-state index in [1.807, 2.05) is 0 Å². The fourth-order valence-corrected chi connectivity index (χ4v) is 2.20. The zero-order chi connectivity index (χ0) is 12.3. The Morgan fingerprint density at radius 3 is 2.50 bits per heavy atom. The van der Waals surface area contributed by atoms with Gasteiger partial charge in [-0.05, 0) is 31.6 Å². The summed E-state index contributed by atoms with van der Waals surface area (Å²) in [6.45, 7) is 8.92. The lowest BCUT2D eigenvalue weighted by atomic mass is 9.82. The molecule has 0 saturated heterocycles. The Morgan fingerprint density at radius 1 is 1.38 bits per heavy atom. The summed E-state index contributed by atoms with van der Waals surface area (Å²) in [7, 11) is 0. The van der Waals surface area contributed by atoms with Crippen LogP contribution in [-0.4, -0.2) is 18.0 Å². The number of carbonyl (C=O) groups is 1. The van der Waals surface area contributed by atoms with E-state index in [9.17, 15) is 4.79 Å². The molecule has 0 spiro atoms. The third-order valence-corrected chi connectivity index (χ3v) is 3.86. The summed E-state index contributed by atoms with van der Waals surface area (Å²) >= 11 is 0. The Balaban J connectivity index is 2.46. The second kappa shape index (κ2) is 5.17. The molecule has 1 saturated carbocycles. The average molecular weight is 226 g/mol. The second-order valence-electron chi connectivity index (χ2n) is 6.22. The standard InChI is InChI=1S/C13H26N2O/c1-9(13(2,3)4)15-11-7-5-6-10(8-11)12(14)16/h9-11,15H,5-8H2,1-4H3,(H2,14,16). The maximum absolute atomic E-state index is 11.2. The second-order valence-corrected chi connectivity index (χ2v) is 6.22. The molecule has 94 valence electrons. The molecule has 3 unspecified atom stereocenters. The third-order valence-electron chi connectivity index (χ3n) is 3.86. The van der Waals surface area contributed by atoms with Gasteiger partial charge in [-0.2, -0.15) is 0 Å². The molecule has 0 radical (unpaired) electrons. The van der Waals surface area contributed by atoms with Crippen LogP contribution in [0.1, 0.15) is 53.4 Å². The zero-order valence-electron chi connectivity index (χ0n) is 11.0. The largest absolute Gasteiger partial charge is 0.369 e. The molecule has 3 heteroatoms. The van der Waals surface area contributed by atoms with Crippen LogP contribution in [0.2, 0.25) is 0 Å². The molecule has 0 bridgehead atoms. The van der Waals surface area contributed by atoms with Crippen LogP contribution >= 0.6 is 0 Å². The normalized spacial score (nSPS) is 28.8. The number of hydrogen-bond donors (Lipinski definition) is 2. The number of nitrogens with one attached hydrogen (secondary N) is 1. The monoisotopic (exact) mass is 226 g/mol. The highest BCUT2D eigenvalue weighted by Crippen LogP contribution is 2.26. The van der Waals surface area contributed by atoms with Gasteiger partial charge in [0.15, 0.2) is 0 Å². The van der Waals surface area contributed by atoms with Gasteiger partial charge in [0.2, 0.25) is 5.91 Å². The van der Waals surface area contributed by atoms with Crippen molar-refractivity contribution in [3.8, 4) is 0 Å². The summed E-state index contributed by atoms with van der Waals surface area (Å²) in [6.07, 6.45) is 4.17. The van der Waals surface area contributed by atoms with Crippen molar-refractivity contribution in [2.45, 2.75) is 65.5 Å². The lowest BCUT2D eigenvalue weighted by Gasteiger charge is -2.35. The summed E-state index contributed by atoms with van der Waals surface area (Å²) in [5, 5.41) is 3.64. The Morgan fingerprint density at radius 2 is 2.00 bits per heavy atom. The van der Waals surface area contributed by atoms with Gasteiger partial charge in [0.05, 0.1) is 0 Å². The number of primary amides is 1. The minimum absolute atomic E-state index is 0.0819. The fraction of sp³-hybridized carbons (Fsp3) is 0.923. The first-order chi connectivity index (χ1) is 7.30. The molecule has 1 aliphatic rings. The number of rotatable bonds is 3. The van der Waals surface area contributed by atoms with E-state index in [1.54, 1.807) is 0 Å². The smallest absolute Gasteiger partial charge is 0.220 e. The highest BCUT2D eigenvalue weighted by atomic mass is 16.1. The van der Waals surface area contributed by atoms with E-state index in [4.69, 9.17) is 5.73 Å². The molecule has 1 amide bonds. The van der Waals surface area contributed by atoms with Gasteiger partial charge in [-0.3, -0.25) is 4.79 Å². The van der Waals surface area contributed by atoms with Gasteiger partial charge in [-0.15, -0.1) is 0 Å². The van der Waals surface area contributed by atoms with Crippen molar-refractivity contribution in [2.75, 3.05) is 0 Å². The number of carbonyl (C=O) groups excluding carboxylic acids is 1. The first-order valence-corrected chi connectivity index (χ1v) is 6.36. The molecule has 1 rings (SSSR count). The average Bonchev–Trinajstić information content (AvgIpc) is 2.16. The van der Waals surface area contributed by atoms with Gasteiger partial charge in [0, 0.05) is 18.0 Å². The maximum atomic E-state index is 11.2. The molecule has 0 aliphatic heterocycles. The van der Waals surface area contributed by atoms with Gasteiger partial charge >= 0.3 is 0 Å². The van der Waals surface area contributed by atoms with Crippen molar-refractivity contribution >= 4 is 5.91 Å². The van der Waals surface area contributed by atoms with Crippen molar-refractivity contribution in [2.24, 2.45) is 17.1 Å². The molecular weight excluding hydrogens is 200 g/mol. The Bertz CT molecular complexity index is 245. The van der Waals surface area contributed by atoms with Gasteiger partial charge in [-0.1, -0.05) is 27.2 Å². The van der Waals surface area contributed by atoms with Crippen LogP contribution in [-0.2, 0) is 4.79 Å². The summed E-state index contributed by atoms with van der Waals surface area (Å²) in [5.74, 6) is -0.0478. The van der Waals surface area contributed by atoms with Crippen LogP contribution in [0.5, 0.6) is 0 Å². The summed E-state index contributed by atoms with van der Waals surface area (Å²) in [6, 6.07) is 0.921. The molecule has 3 nitrogen and oxygen atoms in total. The van der Waals surface area contributed by atoms with Crippen LogP contribution in [0, 0.1) is 11.3 Å². The first-order valence-electron chi connectivity index (χ1n) is 6.36. The molecular formula is C13H26N2O. The van der Waals surface area contributed by atoms with E-state index < -0.39 is 0 Å². The molecule has 0 aromatic rings. The van der Waals surface area contributed by atoms with Crippen LogP contribution < -0.4 is 11.1 Å². The number of hydrogen-bond acceptors (Lipinski definition) is 2. The minimum atomic E-state index is -0.130. The Hall–Kier alpha value is -0.570. The summed E-state index contributed by atoms with van der Waals surface area (Å²) in [4.78, 5) is 11.2. The van der Waals surface area contributed by atoms with Gasteiger partial charge in [-0.25, -0.2) is 0 Å². The van der Waals surface area contributed by atoms with Gasteiger partial charge in [0.1, 0.15) is 0 Å². The van der Waals surface area contributed by atoms with Crippen molar-refractivity contribution in [3.05, 3.63) is 0 Å². The van der Waals surface area contributed by atoms with Gasteiger partial charge in [0.25, 0.3) is 0 Å². The highest BCUT2D eigenvalue weighted by molar-refractivity contribution is 5.76. The third kappa shape index (κ3) is 3.78. The first kappa shape index (κ1) is 13.5. The van der Waals surface area contributed by atoms with E-state index >= 15 is 0 Å². The predicted molar refractivity (Wildman–Crippen MR) is 67.0 cm³/mol. The number of amides is 1. The lowest BCUT2D eigenvalue weighted by Crippen LogP contribution is -2.46. The SMILES string of the molecule is CC(NC1CCCC(C(N)=O)C1)C(C)(C)C. The maximum Gasteiger partial charge on any atom is 0.220 e. The van der Waals surface area contributed by atoms with Crippen molar-refractivity contribution < 1.29 is 4.79 Å². The van der Waals surface area contributed by atoms with E-state index in [0.29, 0.717) is 12.1 Å². The Kier molecular flexibility index (Phi) is 4.36. The molecule has 16 heavy (non-hydrogen) atoms. The van der Waals surface area contributed by atoms with E-state index in [0.717, 1.165) is 19.3 Å². The van der Waals surface area contributed by atoms with Crippen molar-refractivity contribution in [1.29, 1.82) is 0 Å². The Labute approximate surface area is 99.2 Å². The quantitative estimate of drug-likeness (QED) is 0.774. The van der Waals surface area contributed by atoms with Gasteiger partial charge < -0.3 is 11.1 Å². The zero-order valence-corrected chi connectivity index (χ0v) is 11.0. The van der Waals surface area contributed by atoms with E-state index in [1.165, 1.54) is 6.42 Å². The molecule has 0 aromatic carbocycles.